The molecule has 0 bridgehead atoms. The van der Waals surface area contributed by atoms with Gasteiger partial charge in [-0.2, -0.15) is 5.10 Å². The number of carbonyl (C=O) groups is 3. The zero-order valence-corrected chi connectivity index (χ0v) is 15.6. The first-order valence-electron chi connectivity index (χ1n) is 8.18. The number of hydrogen-bond acceptors (Lipinski definition) is 6. The van der Waals surface area contributed by atoms with Crippen molar-refractivity contribution in [2.24, 2.45) is 0 Å². The second-order valence-electron chi connectivity index (χ2n) is 6.65. The van der Waals surface area contributed by atoms with Crippen molar-refractivity contribution in [3.05, 3.63) is 42.2 Å². The Labute approximate surface area is 156 Å². The van der Waals surface area contributed by atoms with E-state index in [4.69, 9.17) is 9.47 Å². The molecule has 9 nitrogen and oxygen atoms in total. The van der Waals surface area contributed by atoms with Crippen LogP contribution in [0.5, 0.6) is 5.75 Å². The van der Waals surface area contributed by atoms with Gasteiger partial charge in [0.1, 0.15) is 0 Å². The standard InChI is InChI=1S/C18H22N4O5/c1-18(2,3)20-17(25)19-14(23)11-27-16(24)15-13(26-4)10-22(21-15)12-8-6-5-7-9-12/h5-10H,11H2,1-4H3,(H2,19,20,23,25). The fourth-order valence-electron chi connectivity index (χ4n) is 2.10. The second kappa shape index (κ2) is 8.35. The van der Waals surface area contributed by atoms with E-state index in [1.165, 1.54) is 18.0 Å². The number of imide groups is 1. The third kappa shape index (κ3) is 5.84. The zero-order chi connectivity index (χ0) is 20.0. The molecule has 2 N–H and O–H groups in total. The van der Waals surface area contributed by atoms with Gasteiger partial charge in [0, 0.05) is 5.54 Å². The summed E-state index contributed by atoms with van der Waals surface area (Å²) in [4.78, 5) is 35.6. The number of para-hydroxylation sites is 1. The van der Waals surface area contributed by atoms with Crippen LogP contribution in [0.15, 0.2) is 36.5 Å². The number of methoxy groups -OCH3 is 1. The molecule has 9 heteroatoms. The predicted molar refractivity (Wildman–Crippen MR) is 96.8 cm³/mol. The molecule has 0 unspecified atom stereocenters. The minimum Gasteiger partial charge on any atom is -0.493 e. The molecular weight excluding hydrogens is 352 g/mol. The number of carbonyl (C=O) groups excluding carboxylic acids is 3. The lowest BCUT2D eigenvalue weighted by atomic mass is 10.1. The van der Waals surface area contributed by atoms with Crippen molar-refractivity contribution < 1.29 is 23.9 Å². The van der Waals surface area contributed by atoms with E-state index in [-0.39, 0.29) is 11.4 Å². The lowest BCUT2D eigenvalue weighted by Gasteiger charge is -2.20. The van der Waals surface area contributed by atoms with Gasteiger partial charge in [0.25, 0.3) is 5.91 Å². The Kier molecular flexibility index (Phi) is 6.17. The Bertz CT molecular complexity index is 824. The molecule has 0 fully saturated rings. The smallest absolute Gasteiger partial charge is 0.363 e. The van der Waals surface area contributed by atoms with Crippen LogP contribution >= 0.6 is 0 Å². The third-order valence-corrected chi connectivity index (χ3v) is 3.19. The SMILES string of the molecule is COc1cn(-c2ccccc2)nc1C(=O)OCC(=O)NC(=O)NC(C)(C)C. The van der Waals surface area contributed by atoms with Crippen LogP contribution in [0.2, 0.25) is 0 Å². The van der Waals surface area contributed by atoms with Gasteiger partial charge in [0.2, 0.25) is 5.69 Å². The lowest BCUT2D eigenvalue weighted by Crippen LogP contribution is -2.49. The van der Waals surface area contributed by atoms with E-state index >= 15 is 0 Å². The Morgan fingerprint density at radius 3 is 2.41 bits per heavy atom. The largest absolute Gasteiger partial charge is 0.493 e. The summed E-state index contributed by atoms with van der Waals surface area (Å²) in [6.45, 7) is 4.68. The normalized spacial score (nSPS) is 10.8. The zero-order valence-electron chi connectivity index (χ0n) is 15.6. The summed E-state index contributed by atoms with van der Waals surface area (Å²) in [5.41, 5.74) is 0.151. The van der Waals surface area contributed by atoms with Gasteiger partial charge in [0.15, 0.2) is 12.4 Å². The summed E-state index contributed by atoms with van der Waals surface area (Å²) in [6, 6.07) is 8.46. The molecule has 2 rings (SSSR count). The van der Waals surface area contributed by atoms with Crippen LogP contribution in [0.25, 0.3) is 5.69 Å². The average molecular weight is 374 g/mol. The molecule has 0 saturated heterocycles. The van der Waals surface area contributed by atoms with Crippen molar-refractivity contribution in [3.8, 4) is 11.4 Å². The summed E-state index contributed by atoms with van der Waals surface area (Å²) < 4.78 is 11.5. The second-order valence-corrected chi connectivity index (χ2v) is 6.65. The molecule has 144 valence electrons. The van der Waals surface area contributed by atoms with Crippen molar-refractivity contribution in [3.63, 3.8) is 0 Å². The van der Waals surface area contributed by atoms with Crippen molar-refractivity contribution in [1.29, 1.82) is 0 Å². The number of aromatic nitrogens is 2. The highest BCUT2D eigenvalue weighted by atomic mass is 16.5. The number of urea groups is 1. The fraction of sp³-hybridized carbons (Fsp3) is 0.333. The van der Waals surface area contributed by atoms with Crippen LogP contribution in [-0.4, -0.2) is 46.9 Å². The van der Waals surface area contributed by atoms with Gasteiger partial charge in [-0.1, -0.05) is 18.2 Å². The van der Waals surface area contributed by atoms with E-state index in [1.807, 2.05) is 30.3 Å². The van der Waals surface area contributed by atoms with E-state index in [0.29, 0.717) is 0 Å². The van der Waals surface area contributed by atoms with Gasteiger partial charge >= 0.3 is 12.0 Å². The monoisotopic (exact) mass is 374 g/mol. The Balaban J connectivity index is 1.99. The maximum absolute atomic E-state index is 12.2. The summed E-state index contributed by atoms with van der Waals surface area (Å²) in [5.74, 6) is -1.39. The number of esters is 1. The number of nitrogens with zero attached hydrogens (tertiary/aromatic N) is 2. The lowest BCUT2D eigenvalue weighted by molar-refractivity contribution is -0.123. The molecule has 0 atom stereocenters. The summed E-state index contributed by atoms with van der Waals surface area (Å²) in [5, 5.41) is 8.79. The molecule has 27 heavy (non-hydrogen) atoms. The molecule has 1 aromatic heterocycles. The van der Waals surface area contributed by atoms with Crippen molar-refractivity contribution >= 4 is 17.9 Å². The molecule has 0 saturated carbocycles. The van der Waals surface area contributed by atoms with Crippen LogP contribution in [0.4, 0.5) is 4.79 Å². The van der Waals surface area contributed by atoms with E-state index in [2.05, 4.69) is 15.7 Å². The number of benzene rings is 1. The van der Waals surface area contributed by atoms with E-state index < -0.39 is 30.1 Å². The van der Waals surface area contributed by atoms with E-state index in [0.717, 1.165) is 5.69 Å². The Morgan fingerprint density at radius 1 is 1.15 bits per heavy atom. The van der Waals surface area contributed by atoms with E-state index in [1.54, 1.807) is 20.8 Å². The van der Waals surface area contributed by atoms with Crippen LogP contribution in [0.3, 0.4) is 0 Å². The summed E-state index contributed by atoms with van der Waals surface area (Å²) in [7, 11) is 1.40. The summed E-state index contributed by atoms with van der Waals surface area (Å²) in [6.07, 6.45) is 1.53. The van der Waals surface area contributed by atoms with Crippen LogP contribution in [0, 0.1) is 0 Å². The molecule has 1 heterocycles. The quantitative estimate of drug-likeness (QED) is 0.770. The maximum Gasteiger partial charge on any atom is 0.363 e. The topological polar surface area (TPSA) is 112 Å². The Hall–Kier alpha value is -3.36. The minimum atomic E-state index is -0.840. The molecular formula is C18H22N4O5. The van der Waals surface area contributed by atoms with Gasteiger partial charge in [-0.25, -0.2) is 14.3 Å². The number of rotatable bonds is 5. The molecule has 2 aromatic rings. The van der Waals surface area contributed by atoms with Crippen molar-refractivity contribution in [1.82, 2.24) is 20.4 Å². The molecule has 1 aromatic carbocycles. The number of amides is 3. The van der Waals surface area contributed by atoms with Crippen molar-refractivity contribution in [2.45, 2.75) is 26.3 Å². The number of ether oxygens (including phenoxy) is 2. The first-order valence-corrected chi connectivity index (χ1v) is 8.18. The number of hydrogen-bond donors (Lipinski definition) is 2. The van der Waals surface area contributed by atoms with Crippen LogP contribution in [-0.2, 0) is 9.53 Å². The molecule has 0 spiro atoms. The highest BCUT2D eigenvalue weighted by molar-refractivity contribution is 5.97. The van der Waals surface area contributed by atoms with Gasteiger partial charge in [0.05, 0.1) is 19.0 Å². The molecule has 0 aliphatic rings. The van der Waals surface area contributed by atoms with Crippen molar-refractivity contribution in [2.75, 3.05) is 13.7 Å². The molecule has 0 radical (unpaired) electrons. The van der Waals surface area contributed by atoms with E-state index in [9.17, 15) is 14.4 Å². The van der Waals surface area contributed by atoms with Gasteiger partial charge < -0.3 is 14.8 Å². The molecule has 3 amide bonds. The van der Waals surface area contributed by atoms with Gasteiger partial charge in [-0.3, -0.25) is 10.1 Å². The molecule has 0 aliphatic carbocycles. The average Bonchev–Trinajstić information content (AvgIpc) is 3.03. The third-order valence-electron chi connectivity index (χ3n) is 3.19. The van der Waals surface area contributed by atoms with Gasteiger partial charge in [-0.05, 0) is 32.9 Å². The maximum atomic E-state index is 12.2. The minimum absolute atomic E-state index is 0.0757. The predicted octanol–water partition coefficient (Wildman–Crippen LogP) is 1.66. The highest BCUT2D eigenvalue weighted by Crippen LogP contribution is 2.20. The first-order chi connectivity index (χ1) is 12.7. The number of nitrogens with one attached hydrogen (secondary N) is 2. The summed E-state index contributed by atoms with van der Waals surface area (Å²) >= 11 is 0. The highest BCUT2D eigenvalue weighted by Gasteiger charge is 2.22. The fourth-order valence-corrected chi connectivity index (χ4v) is 2.10. The van der Waals surface area contributed by atoms with Gasteiger partial charge in [-0.15, -0.1) is 0 Å². The van der Waals surface area contributed by atoms with Crippen LogP contribution in [0.1, 0.15) is 31.3 Å². The first kappa shape index (κ1) is 20.0. The molecule has 0 aliphatic heterocycles. The van der Waals surface area contributed by atoms with Crippen LogP contribution < -0.4 is 15.4 Å². The Morgan fingerprint density at radius 2 is 1.81 bits per heavy atom.